The molecule has 0 spiro atoms. The van der Waals surface area contributed by atoms with Crippen LogP contribution in [-0.4, -0.2) is 40.3 Å². The maximum atomic E-state index is 12.8. The highest BCUT2D eigenvalue weighted by molar-refractivity contribution is 5.89. The second-order valence-corrected chi connectivity index (χ2v) is 7.99. The van der Waals surface area contributed by atoms with Crippen LogP contribution < -0.4 is 0 Å². The van der Waals surface area contributed by atoms with Crippen LogP contribution in [0.4, 0.5) is 0 Å². The molecule has 2 aromatic rings. The predicted molar refractivity (Wildman–Crippen MR) is 99.6 cm³/mol. The van der Waals surface area contributed by atoms with Gasteiger partial charge in [0.15, 0.2) is 0 Å². The quantitative estimate of drug-likeness (QED) is 0.849. The Hall–Kier alpha value is -2.14. The number of piperidine rings is 1. The van der Waals surface area contributed by atoms with Crippen molar-refractivity contribution in [2.45, 2.75) is 39.8 Å². The molecule has 2 atom stereocenters. The summed E-state index contributed by atoms with van der Waals surface area (Å²) in [6, 6.07) is 10.5. The van der Waals surface area contributed by atoms with E-state index in [0.717, 1.165) is 50.6 Å². The molecule has 0 radical (unpaired) electrons. The van der Waals surface area contributed by atoms with Crippen LogP contribution in [0.25, 0.3) is 0 Å². The lowest BCUT2D eigenvalue weighted by Gasteiger charge is -2.34. The smallest absolute Gasteiger partial charge is 0.309 e. The van der Waals surface area contributed by atoms with Gasteiger partial charge >= 0.3 is 5.91 Å². The molecule has 5 heteroatoms. The summed E-state index contributed by atoms with van der Waals surface area (Å²) in [4.78, 5) is 21.7. The van der Waals surface area contributed by atoms with E-state index in [1.54, 1.807) is 0 Å². The minimum atomic E-state index is -0.0487. The number of benzene rings is 1. The number of carbonyl (C=O) groups is 1. The summed E-state index contributed by atoms with van der Waals surface area (Å²) in [7, 11) is 0. The first kappa shape index (κ1) is 17.3. The van der Waals surface area contributed by atoms with Crippen molar-refractivity contribution < 1.29 is 9.21 Å². The minimum absolute atomic E-state index is 0.0487. The Balaban J connectivity index is 1.45. The van der Waals surface area contributed by atoms with E-state index < -0.39 is 0 Å². The average Bonchev–Trinajstić information content (AvgIpc) is 3.04. The van der Waals surface area contributed by atoms with Gasteiger partial charge in [-0.1, -0.05) is 44.2 Å². The summed E-state index contributed by atoms with van der Waals surface area (Å²) in [5.41, 5.74) is 2.22. The molecule has 1 aromatic carbocycles. The number of nitrogens with zero attached hydrogens (tertiary/aromatic N) is 3. The van der Waals surface area contributed by atoms with Gasteiger partial charge in [-0.25, -0.2) is 4.98 Å². The molecule has 2 aliphatic heterocycles. The Kier molecular flexibility index (Phi) is 4.81. The molecule has 26 heavy (non-hydrogen) atoms. The summed E-state index contributed by atoms with van der Waals surface area (Å²) in [6.45, 7) is 8.59. The standard InChI is InChI=1S/C21H27N3O2/c1-15-10-16(2)12-24(11-15)21(25)20-22-18-14-23(9-8-19(18)26-20)13-17-6-4-3-5-7-17/h3-7,15-16H,8-14H2,1-2H3/t15-,16-/m0/s1. The van der Waals surface area contributed by atoms with Gasteiger partial charge < -0.3 is 9.32 Å². The first-order valence-electron chi connectivity index (χ1n) is 9.62. The number of hydrogen-bond acceptors (Lipinski definition) is 4. The van der Waals surface area contributed by atoms with Crippen molar-refractivity contribution in [3.8, 4) is 0 Å². The molecule has 1 saturated heterocycles. The summed E-state index contributed by atoms with van der Waals surface area (Å²) in [5, 5.41) is 0. The van der Waals surface area contributed by atoms with Gasteiger partial charge in [-0.3, -0.25) is 9.69 Å². The summed E-state index contributed by atoms with van der Waals surface area (Å²) >= 11 is 0. The largest absolute Gasteiger partial charge is 0.437 e. The van der Waals surface area contributed by atoms with Crippen LogP contribution in [0.1, 0.15) is 48.0 Å². The number of likely N-dealkylation sites (tertiary alicyclic amines) is 1. The molecule has 3 heterocycles. The molecular weight excluding hydrogens is 326 g/mol. The van der Waals surface area contributed by atoms with E-state index in [-0.39, 0.29) is 11.8 Å². The van der Waals surface area contributed by atoms with Gasteiger partial charge in [0.1, 0.15) is 5.76 Å². The van der Waals surface area contributed by atoms with E-state index >= 15 is 0 Å². The third-order valence-electron chi connectivity index (χ3n) is 5.39. The topological polar surface area (TPSA) is 49.6 Å². The van der Waals surface area contributed by atoms with Crippen molar-refractivity contribution in [1.29, 1.82) is 0 Å². The van der Waals surface area contributed by atoms with Crippen LogP contribution in [0.3, 0.4) is 0 Å². The predicted octanol–water partition coefficient (Wildman–Crippen LogP) is 3.35. The van der Waals surface area contributed by atoms with Crippen LogP contribution in [-0.2, 0) is 19.5 Å². The van der Waals surface area contributed by atoms with Crippen LogP contribution in [0.15, 0.2) is 34.7 Å². The lowest BCUT2D eigenvalue weighted by atomic mass is 9.92. The van der Waals surface area contributed by atoms with Crippen molar-refractivity contribution in [2.24, 2.45) is 11.8 Å². The van der Waals surface area contributed by atoms with E-state index in [2.05, 4.69) is 48.0 Å². The van der Waals surface area contributed by atoms with Crippen molar-refractivity contribution in [3.63, 3.8) is 0 Å². The fourth-order valence-electron chi connectivity index (χ4n) is 4.28. The lowest BCUT2D eigenvalue weighted by molar-refractivity contribution is 0.0581. The molecule has 1 fully saturated rings. The molecule has 0 unspecified atom stereocenters. The Bertz CT molecular complexity index is 761. The van der Waals surface area contributed by atoms with E-state index in [4.69, 9.17) is 4.42 Å². The number of rotatable bonds is 3. The normalized spacial score (nSPS) is 23.7. The van der Waals surface area contributed by atoms with Crippen molar-refractivity contribution >= 4 is 5.91 Å². The van der Waals surface area contributed by atoms with E-state index in [9.17, 15) is 4.79 Å². The molecule has 0 N–H and O–H groups in total. The Morgan fingerprint density at radius 2 is 1.92 bits per heavy atom. The molecule has 0 bridgehead atoms. The van der Waals surface area contributed by atoms with Crippen LogP contribution in [0.5, 0.6) is 0 Å². The monoisotopic (exact) mass is 353 g/mol. The second-order valence-electron chi connectivity index (χ2n) is 7.99. The molecular formula is C21H27N3O2. The lowest BCUT2D eigenvalue weighted by Crippen LogP contribution is -2.42. The second kappa shape index (κ2) is 7.23. The SMILES string of the molecule is C[C@H]1C[C@H](C)CN(C(=O)c2nc3c(o2)CCN(Cc2ccccc2)C3)C1. The third-order valence-corrected chi connectivity index (χ3v) is 5.39. The van der Waals surface area contributed by atoms with Crippen LogP contribution >= 0.6 is 0 Å². The molecule has 1 amide bonds. The molecule has 138 valence electrons. The zero-order valence-electron chi connectivity index (χ0n) is 15.6. The molecule has 1 aromatic heterocycles. The fourth-order valence-corrected chi connectivity index (χ4v) is 4.28. The molecule has 4 rings (SSSR count). The summed E-state index contributed by atoms with van der Waals surface area (Å²) < 4.78 is 5.86. The number of fused-ring (bicyclic) bond motifs is 1. The average molecular weight is 353 g/mol. The van der Waals surface area contributed by atoms with Crippen molar-refractivity contribution in [2.75, 3.05) is 19.6 Å². The minimum Gasteiger partial charge on any atom is -0.437 e. The zero-order valence-corrected chi connectivity index (χ0v) is 15.6. The van der Waals surface area contributed by atoms with Crippen molar-refractivity contribution in [3.05, 3.63) is 53.2 Å². The van der Waals surface area contributed by atoms with Crippen molar-refractivity contribution in [1.82, 2.24) is 14.8 Å². The van der Waals surface area contributed by atoms with Crippen LogP contribution in [0.2, 0.25) is 0 Å². The van der Waals surface area contributed by atoms with E-state index in [1.807, 2.05) is 11.0 Å². The highest BCUT2D eigenvalue weighted by Gasteiger charge is 2.31. The number of amides is 1. The first-order valence-corrected chi connectivity index (χ1v) is 9.62. The Labute approximate surface area is 155 Å². The van der Waals surface area contributed by atoms with Gasteiger partial charge in [0.25, 0.3) is 5.89 Å². The highest BCUT2D eigenvalue weighted by Crippen LogP contribution is 2.25. The van der Waals surface area contributed by atoms with E-state index in [0.29, 0.717) is 11.8 Å². The molecule has 5 nitrogen and oxygen atoms in total. The molecule has 0 saturated carbocycles. The summed E-state index contributed by atoms with van der Waals surface area (Å²) in [5.74, 6) is 2.18. The van der Waals surface area contributed by atoms with Gasteiger partial charge in [-0.15, -0.1) is 0 Å². The maximum Gasteiger partial charge on any atom is 0.309 e. The number of aromatic nitrogens is 1. The number of oxazole rings is 1. The number of hydrogen-bond donors (Lipinski definition) is 0. The first-order chi connectivity index (χ1) is 12.6. The number of carbonyl (C=O) groups excluding carboxylic acids is 1. The third kappa shape index (κ3) is 3.68. The zero-order chi connectivity index (χ0) is 18.1. The maximum absolute atomic E-state index is 12.8. The highest BCUT2D eigenvalue weighted by atomic mass is 16.4. The summed E-state index contributed by atoms with van der Waals surface area (Å²) in [6.07, 6.45) is 2.00. The van der Waals surface area contributed by atoms with Gasteiger partial charge in [0.05, 0.1) is 5.69 Å². The Morgan fingerprint density at radius 1 is 1.19 bits per heavy atom. The van der Waals surface area contributed by atoms with E-state index in [1.165, 1.54) is 12.0 Å². The van der Waals surface area contributed by atoms with Gasteiger partial charge in [0, 0.05) is 39.1 Å². The van der Waals surface area contributed by atoms with Gasteiger partial charge in [-0.05, 0) is 23.8 Å². The Morgan fingerprint density at radius 3 is 2.65 bits per heavy atom. The fraction of sp³-hybridized carbons (Fsp3) is 0.524. The van der Waals surface area contributed by atoms with Crippen LogP contribution in [0, 0.1) is 11.8 Å². The molecule has 2 aliphatic rings. The van der Waals surface area contributed by atoms with Gasteiger partial charge in [0.2, 0.25) is 0 Å². The van der Waals surface area contributed by atoms with Gasteiger partial charge in [-0.2, -0.15) is 0 Å². The molecule has 0 aliphatic carbocycles.